The first-order valence-corrected chi connectivity index (χ1v) is 8.12. The summed E-state index contributed by atoms with van der Waals surface area (Å²) in [6.45, 7) is 3.25. The van der Waals surface area contributed by atoms with E-state index in [2.05, 4.69) is 33.2 Å². The lowest BCUT2D eigenvalue weighted by atomic mass is 10.2. The lowest BCUT2D eigenvalue weighted by Crippen LogP contribution is -2.05. The predicted octanol–water partition coefficient (Wildman–Crippen LogP) is 5.55. The molecule has 0 atom stereocenters. The molecule has 0 aliphatic heterocycles. The minimum atomic E-state index is 0.375. The second kappa shape index (κ2) is 7.87. The van der Waals surface area contributed by atoms with Gasteiger partial charge in [-0.25, -0.2) is 0 Å². The molecule has 6 heteroatoms. The molecule has 0 radical (unpaired) electrons. The second-order valence-corrected chi connectivity index (χ2v) is 6.18. The van der Waals surface area contributed by atoms with Crippen molar-refractivity contribution in [3.8, 4) is 5.88 Å². The average Bonchev–Trinajstić information content (AvgIpc) is 2.45. The molecule has 1 aromatic carbocycles. The Morgan fingerprint density at radius 2 is 2.05 bits per heavy atom. The Kier molecular flexibility index (Phi) is 6.15. The summed E-state index contributed by atoms with van der Waals surface area (Å²) in [4.78, 5) is 4.34. The number of ether oxygens (including phenoxy) is 1. The van der Waals surface area contributed by atoms with E-state index in [1.165, 1.54) is 0 Å². The first-order valence-electron chi connectivity index (χ1n) is 6.57. The molecular formula is C15H15BrCl2N2O. The van der Waals surface area contributed by atoms with Crippen molar-refractivity contribution >= 4 is 44.9 Å². The number of benzene rings is 1. The summed E-state index contributed by atoms with van der Waals surface area (Å²) in [6.07, 6.45) is 0.981. The van der Waals surface area contributed by atoms with Crippen molar-refractivity contribution in [1.82, 2.24) is 4.98 Å². The Morgan fingerprint density at radius 1 is 1.24 bits per heavy atom. The van der Waals surface area contributed by atoms with Gasteiger partial charge in [0.15, 0.2) is 0 Å². The first kappa shape index (κ1) is 16.4. The van der Waals surface area contributed by atoms with Crippen molar-refractivity contribution in [1.29, 1.82) is 0 Å². The fraction of sp³-hybridized carbons (Fsp3) is 0.267. The van der Waals surface area contributed by atoms with Crippen LogP contribution in [0.3, 0.4) is 0 Å². The number of nitrogens with one attached hydrogen (secondary N) is 1. The molecule has 2 rings (SSSR count). The van der Waals surface area contributed by atoms with Crippen LogP contribution in [-0.4, -0.2) is 11.5 Å². The van der Waals surface area contributed by atoms with Crippen LogP contribution in [0.15, 0.2) is 34.8 Å². The number of aromatic nitrogens is 1. The molecule has 0 fully saturated rings. The lowest BCUT2D eigenvalue weighted by molar-refractivity contribution is 0.294. The normalized spacial score (nSPS) is 10.5. The van der Waals surface area contributed by atoms with Gasteiger partial charge in [-0.3, -0.25) is 0 Å². The summed E-state index contributed by atoms with van der Waals surface area (Å²) < 4.78 is 6.69. The van der Waals surface area contributed by atoms with E-state index in [0.29, 0.717) is 28.3 Å². The number of nitrogens with zero attached hydrogens (tertiary/aromatic N) is 1. The molecule has 0 saturated heterocycles. The zero-order valence-corrected chi connectivity index (χ0v) is 14.6. The summed E-state index contributed by atoms with van der Waals surface area (Å²) >= 11 is 15.7. The van der Waals surface area contributed by atoms with Gasteiger partial charge in [0.2, 0.25) is 5.88 Å². The van der Waals surface area contributed by atoms with E-state index in [1.807, 2.05) is 24.3 Å². The van der Waals surface area contributed by atoms with Crippen LogP contribution in [0, 0.1) is 0 Å². The van der Waals surface area contributed by atoms with Crippen LogP contribution < -0.4 is 10.1 Å². The zero-order chi connectivity index (χ0) is 15.2. The van der Waals surface area contributed by atoms with Gasteiger partial charge in [0.1, 0.15) is 17.4 Å². The number of pyridine rings is 1. The Balaban J connectivity index is 2.11. The van der Waals surface area contributed by atoms with E-state index in [4.69, 9.17) is 27.9 Å². The highest BCUT2D eigenvalue weighted by Crippen LogP contribution is 2.31. The number of anilines is 1. The van der Waals surface area contributed by atoms with E-state index in [-0.39, 0.29) is 0 Å². The predicted molar refractivity (Wildman–Crippen MR) is 91.5 cm³/mol. The summed E-state index contributed by atoms with van der Waals surface area (Å²) in [5.41, 5.74) is 1.03. The molecule has 21 heavy (non-hydrogen) atoms. The van der Waals surface area contributed by atoms with Gasteiger partial charge in [-0.15, -0.1) is 0 Å². The molecule has 2 aromatic rings. The smallest absolute Gasteiger partial charge is 0.234 e. The van der Waals surface area contributed by atoms with Crippen molar-refractivity contribution in [3.05, 3.63) is 50.4 Å². The van der Waals surface area contributed by atoms with Gasteiger partial charge < -0.3 is 10.1 Å². The van der Waals surface area contributed by atoms with Gasteiger partial charge in [-0.05, 0) is 30.2 Å². The molecule has 112 valence electrons. The molecule has 0 amide bonds. The monoisotopic (exact) mass is 388 g/mol. The summed E-state index contributed by atoms with van der Waals surface area (Å²) in [6, 6.07) is 9.52. The van der Waals surface area contributed by atoms with E-state index in [1.54, 1.807) is 6.07 Å². The van der Waals surface area contributed by atoms with Crippen LogP contribution >= 0.6 is 39.1 Å². The molecule has 0 aliphatic carbocycles. The number of halogens is 3. The average molecular weight is 390 g/mol. The molecule has 0 aliphatic rings. The third-order valence-corrected chi connectivity index (χ3v) is 3.76. The third-order valence-electron chi connectivity index (χ3n) is 2.70. The molecule has 0 bridgehead atoms. The highest BCUT2D eigenvalue weighted by molar-refractivity contribution is 9.10. The maximum Gasteiger partial charge on any atom is 0.234 e. The Labute approximate surface area is 142 Å². The van der Waals surface area contributed by atoms with E-state index in [0.717, 1.165) is 23.0 Å². The molecule has 0 saturated carbocycles. The highest BCUT2D eigenvalue weighted by atomic mass is 79.9. The van der Waals surface area contributed by atoms with Gasteiger partial charge in [-0.2, -0.15) is 4.98 Å². The number of rotatable bonds is 6. The molecule has 1 N–H and O–H groups in total. The minimum Gasteiger partial charge on any atom is -0.472 e. The second-order valence-electron chi connectivity index (χ2n) is 4.45. The summed E-state index contributed by atoms with van der Waals surface area (Å²) in [7, 11) is 0. The lowest BCUT2D eigenvalue weighted by Gasteiger charge is -2.11. The summed E-state index contributed by atoms with van der Waals surface area (Å²) in [5.74, 6) is 0.965. The van der Waals surface area contributed by atoms with Crippen LogP contribution in [-0.2, 0) is 6.61 Å². The Bertz CT molecular complexity index is 623. The first-order chi connectivity index (χ1) is 10.1. The fourth-order valence-electron chi connectivity index (χ4n) is 1.70. The third kappa shape index (κ3) is 4.77. The molecular weight excluding hydrogens is 375 g/mol. The van der Waals surface area contributed by atoms with Crippen molar-refractivity contribution in [3.63, 3.8) is 0 Å². The maximum absolute atomic E-state index is 6.12. The molecule has 0 spiro atoms. The molecule has 1 aromatic heterocycles. The summed E-state index contributed by atoms with van der Waals surface area (Å²) in [5, 5.41) is 4.04. The highest BCUT2D eigenvalue weighted by Gasteiger charge is 2.10. The topological polar surface area (TPSA) is 34.2 Å². The van der Waals surface area contributed by atoms with Crippen molar-refractivity contribution < 1.29 is 4.74 Å². The van der Waals surface area contributed by atoms with E-state index >= 15 is 0 Å². The van der Waals surface area contributed by atoms with Crippen molar-refractivity contribution in [2.75, 3.05) is 11.9 Å². The van der Waals surface area contributed by atoms with Crippen LogP contribution in [0.4, 0.5) is 5.82 Å². The standard InChI is InChI=1S/C15H15BrCl2N2O/c1-2-6-19-14-12(17)8-13(18)15(20-14)21-9-10-4-3-5-11(16)7-10/h3-5,7-8H,2,6,9H2,1H3,(H,19,20). The number of hydrogen-bond donors (Lipinski definition) is 1. The minimum absolute atomic E-state index is 0.375. The molecule has 1 heterocycles. The Morgan fingerprint density at radius 3 is 2.76 bits per heavy atom. The van der Waals surface area contributed by atoms with Crippen LogP contribution in [0.5, 0.6) is 5.88 Å². The zero-order valence-electron chi connectivity index (χ0n) is 11.5. The molecule has 3 nitrogen and oxygen atoms in total. The quantitative estimate of drug-likeness (QED) is 0.702. The van der Waals surface area contributed by atoms with Gasteiger partial charge in [-0.1, -0.05) is 58.2 Å². The van der Waals surface area contributed by atoms with Crippen LogP contribution in [0.2, 0.25) is 10.0 Å². The van der Waals surface area contributed by atoms with Crippen LogP contribution in [0.25, 0.3) is 0 Å². The van der Waals surface area contributed by atoms with Gasteiger partial charge in [0.25, 0.3) is 0 Å². The van der Waals surface area contributed by atoms with Gasteiger partial charge in [0, 0.05) is 11.0 Å². The SMILES string of the molecule is CCCNc1nc(OCc2cccc(Br)c2)c(Cl)cc1Cl. The fourth-order valence-corrected chi connectivity index (χ4v) is 2.62. The van der Waals surface area contributed by atoms with Gasteiger partial charge >= 0.3 is 0 Å². The van der Waals surface area contributed by atoms with Gasteiger partial charge in [0.05, 0.1) is 5.02 Å². The van der Waals surface area contributed by atoms with Crippen molar-refractivity contribution in [2.45, 2.75) is 20.0 Å². The maximum atomic E-state index is 6.12. The largest absolute Gasteiger partial charge is 0.472 e. The Hall–Kier alpha value is -0.970. The molecule has 0 unspecified atom stereocenters. The van der Waals surface area contributed by atoms with E-state index < -0.39 is 0 Å². The van der Waals surface area contributed by atoms with E-state index in [9.17, 15) is 0 Å². The van der Waals surface area contributed by atoms with Crippen LogP contribution in [0.1, 0.15) is 18.9 Å². The van der Waals surface area contributed by atoms with Crippen molar-refractivity contribution in [2.24, 2.45) is 0 Å². The number of hydrogen-bond acceptors (Lipinski definition) is 3.